The molecule has 4 atom stereocenters. The molecule has 6 rings (SSSR count). The minimum Gasteiger partial charge on any atom is -0.0727 e. The molecule has 2 aromatic rings. The fraction of sp³-hybridized carbons (Fsp3) is 0.238. The van der Waals surface area contributed by atoms with Crippen molar-refractivity contribution >= 4 is 0 Å². The molecule has 0 unspecified atom stereocenters. The first-order valence-electron chi connectivity index (χ1n) is 7.94. The molecule has 100 valence electrons. The Balaban J connectivity index is 1.76. The maximum Gasteiger partial charge on any atom is 0.0344 e. The minimum atomic E-state index is 0.210. The molecule has 1 fully saturated rings. The van der Waals surface area contributed by atoms with Crippen molar-refractivity contribution in [1.29, 1.82) is 0 Å². The zero-order chi connectivity index (χ0) is 13.7. The van der Waals surface area contributed by atoms with Gasteiger partial charge in [-0.2, -0.15) is 0 Å². The van der Waals surface area contributed by atoms with E-state index in [1.807, 2.05) is 0 Å². The maximum absolute atomic E-state index is 2.51. The van der Waals surface area contributed by atoms with Gasteiger partial charge >= 0.3 is 0 Å². The highest BCUT2D eigenvalue weighted by Gasteiger charge is 2.73. The predicted octanol–water partition coefficient (Wildman–Crippen LogP) is 4.59. The van der Waals surface area contributed by atoms with Crippen LogP contribution in [0.15, 0.2) is 72.8 Å². The largest absolute Gasteiger partial charge is 0.0727 e. The highest BCUT2D eigenvalue weighted by Crippen LogP contribution is 2.79. The molecule has 0 heteroatoms. The summed E-state index contributed by atoms with van der Waals surface area (Å²) in [6, 6.07) is 18.3. The molecule has 0 N–H and O–H groups in total. The Kier molecular flexibility index (Phi) is 1.55. The van der Waals surface area contributed by atoms with Gasteiger partial charge in [-0.15, -0.1) is 0 Å². The Bertz CT molecular complexity index is 844. The predicted molar refractivity (Wildman–Crippen MR) is 84.6 cm³/mol. The van der Waals surface area contributed by atoms with E-state index in [1.54, 1.807) is 22.3 Å². The molecule has 2 aromatic carbocycles. The normalized spacial score (nSPS) is 39.2. The van der Waals surface area contributed by atoms with Crippen LogP contribution in [-0.4, -0.2) is 0 Å². The monoisotopic (exact) mass is 268 g/mol. The number of allylic oxidation sites excluding steroid dienone is 4. The second kappa shape index (κ2) is 3.06. The summed E-state index contributed by atoms with van der Waals surface area (Å²) in [6.45, 7) is 0. The standard InChI is InChI=1S/C21H16/c1-3-9-17-14(7-1)16-13-20(17)11-5-6-12-21(20)18-10-4-2-8-15(18)19(16)21/h1-12,16,19H,13H2/t16-,19+,20-,21+/m0/s1. The number of hydrogen-bond acceptors (Lipinski definition) is 0. The van der Waals surface area contributed by atoms with E-state index in [9.17, 15) is 0 Å². The average Bonchev–Trinajstić information content (AvgIpc) is 2.98. The van der Waals surface area contributed by atoms with Crippen molar-refractivity contribution in [3.63, 3.8) is 0 Å². The zero-order valence-electron chi connectivity index (χ0n) is 11.8. The second-order valence-corrected chi connectivity index (χ2v) is 7.02. The topological polar surface area (TPSA) is 0 Å². The molecule has 0 radical (unpaired) electrons. The SMILES string of the molecule is C1=C[C@]23C[C@@H](c4ccccc42)[C@H]2c4ccccc4[C@]23C=C1. The summed E-state index contributed by atoms with van der Waals surface area (Å²) in [5.41, 5.74) is 6.81. The fourth-order valence-corrected chi connectivity index (χ4v) is 6.08. The van der Waals surface area contributed by atoms with Crippen LogP contribution in [0.4, 0.5) is 0 Å². The third kappa shape index (κ3) is 0.854. The Labute approximate surface area is 124 Å². The molecule has 0 aromatic heterocycles. The second-order valence-electron chi connectivity index (χ2n) is 7.02. The van der Waals surface area contributed by atoms with Crippen LogP contribution in [-0.2, 0) is 10.8 Å². The van der Waals surface area contributed by atoms with Crippen LogP contribution < -0.4 is 0 Å². The van der Waals surface area contributed by atoms with Crippen molar-refractivity contribution in [2.75, 3.05) is 0 Å². The first kappa shape index (κ1) is 10.6. The van der Waals surface area contributed by atoms with Crippen LogP contribution >= 0.6 is 0 Å². The van der Waals surface area contributed by atoms with Crippen LogP contribution in [0.1, 0.15) is 40.5 Å². The Morgan fingerprint density at radius 1 is 0.762 bits per heavy atom. The molecule has 0 saturated heterocycles. The molecule has 4 aliphatic rings. The van der Waals surface area contributed by atoms with Gasteiger partial charge in [0.2, 0.25) is 0 Å². The molecular weight excluding hydrogens is 252 g/mol. The lowest BCUT2D eigenvalue weighted by molar-refractivity contribution is 0.293. The van der Waals surface area contributed by atoms with Gasteiger partial charge < -0.3 is 0 Å². The quantitative estimate of drug-likeness (QED) is 0.655. The van der Waals surface area contributed by atoms with Crippen LogP contribution in [0.3, 0.4) is 0 Å². The van der Waals surface area contributed by atoms with Gasteiger partial charge in [-0.25, -0.2) is 0 Å². The molecule has 1 saturated carbocycles. The summed E-state index contributed by atoms with van der Waals surface area (Å²) in [5, 5.41) is 0. The maximum atomic E-state index is 2.51. The number of hydrogen-bond donors (Lipinski definition) is 0. The van der Waals surface area contributed by atoms with Gasteiger partial charge in [0.25, 0.3) is 0 Å². The van der Waals surface area contributed by atoms with Crippen molar-refractivity contribution in [3.8, 4) is 0 Å². The molecule has 2 bridgehead atoms. The van der Waals surface area contributed by atoms with Crippen LogP contribution in [0.5, 0.6) is 0 Å². The van der Waals surface area contributed by atoms with Gasteiger partial charge in [0.05, 0.1) is 0 Å². The Morgan fingerprint density at radius 2 is 1.48 bits per heavy atom. The summed E-state index contributed by atoms with van der Waals surface area (Å²) >= 11 is 0. The molecule has 0 heterocycles. The van der Waals surface area contributed by atoms with E-state index in [-0.39, 0.29) is 10.8 Å². The molecular formula is C21H16. The van der Waals surface area contributed by atoms with E-state index >= 15 is 0 Å². The van der Waals surface area contributed by atoms with Crippen LogP contribution in [0.2, 0.25) is 0 Å². The van der Waals surface area contributed by atoms with Crippen molar-refractivity contribution in [3.05, 3.63) is 95.1 Å². The van der Waals surface area contributed by atoms with Gasteiger partial charge in [0.1, 0.15) is 0 Å². The molecule has 0 amide bonds. The van der Waals surface area contributed by atoms with Crippen LogP contribution in [0, 0.1) is 0 Å². The first-order valence-corrected chi connectivity index (χ1v) is 7.94. The van der Waals surface area contributed by atoms with Crippen molar-refractivity contribution in [1.82, 2.24) is 0 Å². The Hall–Kier alpha value is -2.08. The summed E-state index contributed by atoms with van der Waals surface area (Å²) in [7, 11) is 0. The highest BCUT2D eigenvalue weighted by atomic mass is 14.7. The van der Waals surface area contributed by atoms with Gasteiger partial charge in [0, 0.05) is 16.7 Å². The lowest BCUT2D eigenvalue weighted by Gasteiger charge is -2.58. The van der Waals surface area contributed by atoms with Gasteiger partial charge in [0.15, 0.2) is 0 Å². The molecule has 21 heavy (non-hydrogen) atoms. The lowest BCUT2D eigenvalue weighted by atomic mass is 9.44. The number of rotatable bonds is 0. The summed E-state index contributed by atoms with van der Waals surface area (Å²) in [5.74, 6) is 1.38. The third-order valence-electron chi connectivity index (χ3n) is 6.61. The molecule has 2 spiro atoms. The average molecular weight is 268 g/mol. The highest BCUT2D eigenvalue weighted by molar-refractivity contribution is 5.72. The summed E-state index contributed by atoms with van der Waals surface area (Å²) in [6.07, 6.45) is 10.8. The smallest absolute Gasteiger partial charge is 0.0344 e. The van der Waals surface area contributed by atoms with E-state index in [4.69, 9.17) is 0 Å². The first-order chi connectivity index (χ1) is 10.4. The van der Waals surface area contributed by atoms with Crippen molar-refractivity contribution in [2.45, 2.75) is 29.1 Å². The fourth-order valence-electron chi connectivity index (χ4n) is 6.08. The molecule has 0 aliphatic heterocycles. The summed E-state index contributed by atoms with van der Waals surface area (Å²) < 4.78 is 0. The van der Waals surface area contributed by atoms with Gasteiger partial charge in [-0.3, -0.25) is 0 Å². The Morgan fingerprint density at radius 3 is 2.38 bits per heavy atom. The number of fused-ring (bicyclic) bond motifs is 6. The van der Waals surface area contributed by atoms with E-state index in [0.717, 1.165) is 0 Å². The zero-order valence-corrected chi connectivity index (χ0v) is 11.8. The van der Waals surface area contributed by atoms with E-state index in [1.165, 1.54) is 6.42 Å². The number of benzene rings is 2. The van der Waals surface area contributed by atoms with Gasteiger partial charge in [-0.05, 0) is 34.6 Å². The van der Waals surface area contributed by atoms with Crippen molar-refractivity contribution < 1.29 is 0 Å². The van der Waals surface area contributed by atoms with E-state index in [2.05, 4.69) is 72.8 Å². The van der Waals surface area contributed by atoms with E-state index in [0.29, 0.717) is 11.8 Å². The summed E-state index contributed by atoms with van der Waals surface area (Å²) in [4.78, 5) is 0. The molecule has 4 aliphatic carbocycles. The van der Waals surface area contributed by atoms with E-state index < -0.39 is 0 Å². The van der Waals surface area contributed by atoms with Gasteiger partial charge in [-0.1, -0.05) is 72.8 Å². The lowest BCUT2D eigenvalue weighted by Crippen LogP contribution is -2.54. The molecule has 0 nitrogen and oxygen atoms in total. The third-order valence-corrected chi connectivity index (χ3v) is 6.61. The minimum absolute atomic E-state index is 0.210. The van der Waals surface area contributed by atoms with Crippen LogP contribution in [0.25, 0.3) is 0 Å². The van der Waals surface area contributed by atoms with Crippen molar-refractivity contribution in [2.24, 2.45) is 0 Å².